The predicted molar refractivity (Wildman–Crippen MR) is 70.6 cm³/mol. The van der Waals surface area contributed by atoms with E-state index >= 15 is 0 Å². The third-order valence-electron chi connectivity index (χ3n) is 2.11. The van der Waals surface area contributed by atoms with Crippen LogP contribution in [0.3, 0.4) is 0 Å². The monoisotopic (exact) mass is 242 g/mol. The summed E-state index contributed by atoms with van der Waals surface area (Å²) in [7, 11) is 0. The summed E-state index contributed by atoms with van der Waals surface area (Å²) in [5.41, 5.74) is 0.833. The van der Waals surface area contributed by atoms with Crippen LogP contribution in [0.5, 0.6) is 0 Å². The topological polar surface area (TPSA) is 24.1 Å². The van der Waals surface area contributed by atoms with Crippen LogP contribution in [0.1, 0.15) is 20.3 Å². The van der Waals surface area contributed by atoms with Crippen LogP contribution in [0.15, 0.2) is 24.3 Å². The standard InChI is InChI=1S/C11H15ClN2S/c1-3-8(2)13-11(15)14-10-7-5-4-6-9(10)12/h4-8H,3H2,1-2H3,(H2,13,14,15). The average Bonchev–Trinajstić information content (AvgIpc) is 2.21. The van der Waals surface area contributed by atoms with Crippen molar-refractivity contribution < 1.29 is 0 Å². The van der Waals surface area contributed by atoms with Crippen molar-refractivity contribution in [2.45, 2.75) is 26.3 Å². The van der Waals surface area contributed by atoms with E-state index in [0.717, 1.165) is 12.1 Å². The molecule has 0 spiro atoms. The molecule has 0 aliphatic rings. The molecular formula is C11H15ClN2S. The first-order valence-electron chi connectivity index (χ1n) is 4.95. The smallest absolute Gasteiger partial charge is 0.171 e. The van der Waals surface area contributed by atoms with Gasteiger partial charge in [0.2, 0.25) is 0 Å². The highest BCUT2D eigenvalue weighted by Crippen LogP contribution is 2.20. The number of halogens is 1. The fraction of sp³-hybridized carbons (Fsp3) is 0.364. The van der Waals surface area contributed by atoms with Crippen LogP contribution < -0.4 is 10.6 Å². The van der Waals surface area contributed by atoms with Crippen LogP contribution in [0.4, 0.5) is 5.69 Å². The minimum absolute atomic E-state index is 0.368. The molecule has 1 aromatic carbocycles. The molecule has 2 N–H and O–H groups in total. The summed E-state index contributed by atoms with van der Waals surface area (Å²) in [6.07, 6.45) is 1.03. The van der Waals surface area contributed by atoms with Gasteiger partial charge in [-0.25, -0.2) is 0 Å². The number of nitrogens with one attached hydrogen (secondary N) is 2. The fourth-order valence-corrected chi connectivity index (χ4v) is 1.54. The van der Waals surface area contributed by atoms with Crippen LogP contribution in [-0.4, -0.2) is 11.2 Å². The maximum atomic E-state index is 5.99. The van der Waals surface area contributed by atoms with E-state index in [2.05, 4.69) is 24.5 Å². The molecule has 82 valence electrons. The third kappa shape index (κ3) is 4.06. The SMILES string of the molecule is CCC(C)NC(=S)Nc1ccccc1Cl. The molecule has 0 heterocycles. The zero-order chi connectivity index (χ0) is 11.3. The average molecular weight is 243 g/mol. The van der Waals surface area contributed by atoms with Gasteiger partial charge in [-0.3, -0.25) is 0 Å². The second-order valence-corrected chi connectivity index (χ2v) is 4.20. The van der Waals surface area contributed by atoms with Gasteiger partial charge in [0.25, 0.3) is 0 Å². The molecule has 0 amide bonds. The molecule has 15 heavy (non-hydrogen) atoms. The van der Waals surface area contributed by atoms with Gasteiger partial charge in [-0.15, -0.1) is 0 Å². The number of benzene rings is 1. The summed E-state index contributed by atoms with van der Waals surface area (Å²) in [5, 5.41) is 7.51. The zero-order valence-corrected chi connectivity index (χ0v) is 10.5. The molecule has 4 heteroatoms. The second-order valence-electron chi connectivity index (χ2n) is 3.39. The van der Waals surface area contributed by atoms with Gasteiger partial charge in [-0.1, -0.05) is 30.7 Å². The van der Waals surface area contributed by atoms with Crippen molar-refractivity contribution in [2.75, 3.05) is 5.32 Å². The zero-order valence-electron chi connectivity index (χ0n) is 8.88. The van der Waals surface area contributed by atoms with E-state index < -0.39 is 0 Å². The van der Waals surface area contributed by atoms with Gasteiger partial charge in [0.1, 0.15) is 0 Å². The van der Waals surface area contributed by atoms with Crippen LogP contribution in [0.2, 0.25) is 5.02 Å². The first-order valence-corrected chi connectivity index (χ1v) is 5.74. The van der Waals surface area contributed by atoms with Gasteiger partial charge in [-0.05, 0) is 37.7 Å². The van der Waals surface area contributed by atoms with Crippen LogP contribution in [-0.2, 0) is 0 Å². The first kappa shape index (κ1) is 12.3. The van der Waals surface area contributed by atoms with E-state index in [1.807, 2.05) is 24.3 Å². The van der Waals surface area contributed by atoms with Gasteiger partial charge < -0.3 is 10.6 Å². The predicted octanol–water partition coefficient (Wildman–Crippen LogP) is 3.42. The highest BCUT2D eigenvalue weighted by Gasteiger charge is 2.03. The van der Waals surface area contributed by atoms with E-state index in [1.165, 1.54) is 0 Å². The Morgan fingerprint density at radius 1 is 1.47 bits per heavy atom. The molecule has 1 unspecified atom stereocenters. The van der Waals surface area contributed by atoms with E-state index in [1.54, 1.807) is 0 Å². The normalized spacial score (nSPS) is 11.9. The van der Waals surface area contributed by atoms with Crippen LogP contribution in [0.25, 0.3) is 0 Å². The Morgan fingerprint density at radius 3 is 2.73 bits per heavy atom. The summed E-state index contributed by atoms with van der Waals surface area (Å²) in [5.74, 6) is 0. The molecule has 0 radical (unpaired) electrons. The Bertz CT molecular complexity index is 341. The fourth-order valence-electron chi connectivity index (χ4n) is 1.05. The molecule has 1 aromatic rings. The van der Waals surface area contributed by atoms with Gasteiger partial charge in [0.05, 0.1) is 10.7 Å². The van der Waals surface area contributed by atoms with E-state index in [0.29, 0.717) is 16.2 Å². The lowest BCUT2D eigenvalue weighted by Crippen LogP contribution is -2.35. The number of hydrogen-bond acceptors (Lipinski definition) is 1. The van der Waals surface area contributed by atoms with E-state index in [-0.39, 0.29) is 0 Å². The number of rotatable bonds is 3. The molecule has 0 saturated carbocycles. The molecular weight excluding hydrogens is 228 g/mol. The highest BCUT2D eigenvalue weighted by molar-refractivity contribution is 7.80. The van der Waals surface area contributed by atoms with Crippen LogP contribution >= 0.6 is 23.8 Å². The van der Waals surface area contributed by atoms with Crippen molar-refractivity contribution in [1.82, 2.24) is 5.32 Å². The first-order chi connectivity index (χ1) is 7.13. The third-order valence-corrected chi connectivity index (χ3v) is 2.66. The lowest BCUT2D eigenvalue weighted by atomic mass is 10.3. The number of thiocarbonyl (C=S) groups is 1. The van der Waals surface area contributed by atoms with E-state index in [9.17, 15) is 0 Å². The van der Waals surface area contributed by atoms with Gasteiger partial charge in [-0.2, -0.15) is 0 Å². The van der Waals surface area contributed by atoms with Crippen molar-refractivity contribution in [3.8, 4) is 0 Å². The molecule has 2 nitrogen and oxygen atoms in total. The maximum Gasteiger partial charge on any atom is 0.171 e. The van der Waals surface area contributed by atoms with Crippen molar-refractivity contribution in [2.24, 2.45) is 0 Å². The summed E-state index contributed by atoms with van der Waals surface area (Å²) < 4.78 is 0. The Kier molecular flexibility index (Phi) is 4.85. The van der Waals surface area contributed by atoms with E-state index in [4.69, 9.17) is 23.8 Å². The van der Waals surface area contributed by atoms with Crippen molar-refractivity contribution in [1.29, 1.82) is 0 Å². The van der Waals surface area contributed by atoms with Crippen molar-refractivity contribution in [3.63, 3.8) is 0 Å². The molecule has 1 rings (SSSR count). The van der Waals surface area contributed by atoms with Crippen molar-refractivity contribution >= 4 is 34.6 Å². The summed E-state index contributed by atoms with van der Waals surface area (Å²) in [6, 6.07) is 7.90. The van der Waals surface area contributed by atoms with Gasteiger partial charge in [0, 0.05) is 6.04 Å². The Morgan fingerprint density at radius 2 is 2.13 bits per heavy atom. The molecule has 0 fully saturated rings. The Labute approximate surface area is 101 Å². The summed E-state index contributed by atoms with van der Waals surface area (Å²) in [4.78, 5) is 0. The Balaban J connectivity index is 2.55. The second kappa shape index (κ2) is 5.93. The lowest BCUT2D eigenvalue weighted by Gasteiger charge is -2.15. The molecule has 0 aliphatic carbocycles. The minimum atomic E-state index is 0.368. The highest BCUT2D eigenvalue weighted by atomic mass is 35.5. The summed E-state index contributed by atoms with van der Waals surface area (Å²) >= 11 is 11.1. The number of anilines is 1. The van der Waals surface area contributed by atoms with Crippen LogP contribution in [0, 0.1) is 0 Å². The number of para-hydroxylation sites is 1. The lowest BCUT2D eigenvalue weighted by molar-refractivity contribution is 0.646. The number of hydrogen-bond donors (Lipinski definition) is 2. The maximum absolute atomic E-state index is 5.99. The molecule has 0 bridgehead atoms. The molecule has 1 atom stereocenters. The minimum Gasteiger partial charge on any atom is -0.360 e. The largest absolute Gasteiger partial charge is 0.360 e. The Hall–Kier alpha value is -0.800. The van der Waals surface area contributed by atoms with Crippen molar-refractivity contribution in [3.05, 3.63) is 29.3 Å². The molecule has 0 saturated heterocycles. The molecule has 0 aliphatic heterocycles. The van der Waals surface area contributed by atoms with Gasteiger partial charge in [0.15, 0.2) is 5.11 Å². The molecule has 0 aromatic heterocycles. The van der Waals surface area contributed by atoms with Gasteiger partial charge >= 0.3 is 0 Å². The summed E-state index contributed by atoms with van der Waals surface area (Å²) in [6.45, 7) is 4.19. The quantitative estimate of drug-likeness (QED) is 0.795.